The standard InChI is InChI=1S/C9H14N2OS2.CH3/c1-4-8(12)6(2)5-13-9-11-10-7(3)14-9;/h6H,4-5H2,1-3H3;1H3/q;+1. The van der Waals surface area contributed by atoms with Crippen LogP contribution in [0.25, 0.3) is 0 Å². The molecule has 0 radical (unpaired) electrons. The van der Waals surface area contributed by atoms with Gasteiger partial charge in [0.15, 0.2) is 4.34 Å². The Labute approximate surface area is 99.7 Å². The summed E-state index contributed by atoms with van der Waals surface area (Å²) in [6.07, 6.45) is 0.622. The van der Waals surface area contributed by atoms with Gasteiger partial charge in [-0.1, -0.05) is 36.9 Å². The minimum absolute atomic E-state index is 0. The number of rotatable bonds is 5. The van der Waals surface area contributed by atoms with Crippen LogP contribution in [0.5, 0.6) is 0 Å². The summed E-state index contributed by atoms with van der Waals surface area (Å²) in [5, 5.41) is 8.89. The summed E-state index contributed by atoms with van der Waals surface area (Å²) in [4.78, 5) is 11.3. The van der Waals surface area contributed by atoms with E-state index in [0.29, 0.717) is 12.2 Å². The van der Waals surface area contributed by atoms with E-state index < -0.39 is 0 Å². The summed E-state index contributed by atoms with van der Waals surface area (Å²) < 4.78 is 0.957. The molecule has 5 heteroatoms. The van der Waals surface area contributed by atoms with Crippen LogP contribution in [0.1, 0.15) is 25.3 Å². The van der Waals surface area contributed by atoms with Gasteiger partial charge in [0.05, 0.1) is 0 Å². The molecule has 1 atom stereocenters. The number of carbonyl (C=O) groups excluding carboxylic acids is 1. The van der Waals surface area contributed by atoms with Crippen molar-refractivity contribution in [1.82, 2.24) is 10.2 Å². The van der Waals surface area contributed by atoms with Crippen molar-refractivity contribution in [3.63, 3.8) is 0 Å². The molecule has 0 aliphatic carbocycles. The van der Waals surface area contributed by atoms with Gasteiger partial charge in [0, 0.05) is 25.5 Å². The molecule has 0 amide bonds. The first-order valence-corrected chi connectivity index (χ1v) is 6.39. The first kappa shape index (κ1) is 14.5. The minimum Gasteiger partial charge on any atom is -0.299 e. The molecule has 0 saturated heterocycles. The number of nitrogens with zero attached hydrogens (tertiary/aromatic N) is 2. The summed E-state index contributed by atoms with van der Waals surface area (Å²) in [6, 6.07) is 0. The molecular formula is C10H17N2OS2+. The normalized spacial score (nSPS) is 11.9. The van der Waals surface area contributed by atoms with Crippen LogP contribution >= 0.6 is 23.1 Å². The maximum atomic E-state index is 11.3. The average molecular weight is 245 g/mol. The van der Waals surface area contributed by atoms with E-state index in [0.717, 1.165) is 15.1 Å². The van der Waals surface area contributed by atoms with E-state index in [-0.39, 0.29) is 13.3 Å². The van der Waals surface area contributed by atoms with Crippen LogP contribution in [0.3, 0.4) is 0 Å². The molecule has 0 aliphatic heterocycles. The Morgan fingerprint density at radius 3 is 2.67 bits per heavy atom. The lowest BCUT2D eigenvalue weighted by molar-refractivity contribution is -0.121. The second kappa shape index (κ2) is 6.85. The lowest BCUT2D eigenvalue weighted by Crippen LogP contribution is -2.11. The van der Waals surface area contributed by atoms with Crippen LogP contribution in [0.15, 0.2) is 4.34 Å². The third-order valence-electron chi connectivity index (χ3n) is 1.86. The summed E-state index contributed by atoms with van der Waals surface area (Å²) in [7, 11) is 0. The number of aromatic nitrogens is 2. The van der Waals surface area contributed by atoms with Crippen molar-refractivity contribution < 1.29 is 4.79 Å². The highest BCUT2D eigenvalue weighted by atomic mass is 32.2. The number of hydrogen-bond donors (Lipinski definition) is 0. The quantitative estimate of drug-likeness (QED) is 0.591. The van der Waals surface area contributed by atoms with Crippen molar-refractivity contribution >= 4 is 28.9 Å². The number of hydrogen-bond acceptors (Lipinski definition) is 5. The number of thioether (sulfide) groups is 1. The summed E-state index contributed by atoms with van der Waals surface area (Å²) in [5.74, 6) is 1.24. The fraction of sp³-hybridized carbons (Fsp3) is 0.600. The van der Waals surface area contributed by atoms with E-state index in [2.05, 4.69) is 10.2 Å². The molecule has 84 valence electrons. The van der Waals surface area contributed by atoms with Gasteiger partial charge < -0.3 is 0 Å². The molecule has 0 bridgehead atoms. The summed E-state index contributed by atoms with van der Waals surface area (Å²) in [5.41, 5.74) is 0. The van der Waals surface area contributed by atoms with E-state index in [4.69, 9.17) is 0 Å². The molecule has 0 N–H and O–H groups in total. The Morgan fingerprint density at radius 2 is 2.20 bits per heavy atom. The van der Waals surface area contributed by atoms with Crippen LogP contribution in [-0.2, 0) is 4.79 Å². The molecule has 0 saturated carbocycles. The van der Waals surface area contributed by atoms with Crippen LogP contribution in [-0.4, -0.2) is 21.7 Å². The van der Waals surface area contributed by atoms with Gasteiger partial charge in [-0.25, -0.2) is 0 Å². The van der Waals surface area contributed by atoms with Crippen LogP contribution in [0, 0.1) is 20.3 Å². The Kier molecular flexibility index (Phi) is 6.60. The molecule has 0 fully saturated rings. The van der Waals surface area contributed by atoms with Crippen molar-refractivity contribution in [2.24, 2.45) is 5.92 Å². The van der Waals surface area contributed by atoms with Gasteiger partial charge in [-0.05, 0) is 6.92 Å². The van der Waals surface area contributed by atoms with Crippen LogP contribution in [0.4, 0.5) is 0 Å². The van der Waals surface area contributed by atoms with Crippen molar-refractivity contribution in [2.45, 2.75) is 31.5 Å². The smallest absolute Gasteiger partial charge is 0.174 e. The SMILES string of the molecule is CCC(=O)C(C)CSc1nnc(C)s1.[CH3+]. The monoisotopic (exact) mass is 245 g/mol. The molecule has 15 heavy (non-hydrogen) atoms. The van der Waals surface area contributed by atoms with E-state index in [9.17, 15) is 4.79 Å². The van der Waals surface area contributed by atoms with E-state index in [1.807, 2.05) is 20.8 Å². The van der Waals surface area contributed by atoms with E-state index in [1.54, 1.807) is 23.1 Å². The third-order valence-corrected chi connectivity index (χ3v) is 4.09. The molecule has 1 aromatic rings. The number of carbonyl (C=O) groups is 1. The molecule has 1 rings (SSSR count). The zero-order chi connectivity index (χ0) is 10.6. The highest BCUT2D eigenvalue weighted by molar-refractivity contribution is 8.01. The molecule has 1 aromatic heterocycles. The van der Waals surface area contributed by atoms with Crippen molar-refractivity contribution in [2.75, 3.05) is 5.75 Å². The lowest BCUT2D eigenvalue weighted by atomic mass is 10.1. The molecular weight excluding hydrogens is 228 g/mol. The predicted molar refractivity (Wildman–Crippen MR) is 66.2 cm³/mol. The number of Topliss-reactive ketones (excluding diaryl/α,β-unsaturated/α-hetero) is 1. The Bertz CT molecular complexity index is 312. The Balaban J connectivity index is 0.00000196. The van der Waals surface area contributed by atoms with Gasteiger partial charge in [-0.2, -0.15) is 0 Å². The van der Waals surface area contributed by atoms with E-state index >= 15 is 0 Å². The second-order valence-electron chi connectivity index (χ2n) is 3.12. The predicted octanol–water partition coefficient (Wildman–Crippen LogP) is 3.00. The van der Waals surface area contributed by atoms with Gasteiger partial charge in [0.1, 0.15) is 10.8 Å². The molecule has 3 nitrogen and oxygen atoms in total. The van der Waals surface area contributed by atoms with Crippen LogP contribution < -0.4 is 0 Å². The number of ketones is 1. The van der Waals surface area contributed by atoms with Gasteiger partial charge in [-0.15, -0.1) is 10.2 Å². The van der Waals surface area contributed by atoms with E-state index in [1.165, 1.54) is 0 Å². The largest absolute Gasteiger partial charge is 0.299 e. The zero-order valence-electron chi connectivity index (χ0n) is 9.61. The maximum absolute atomic E-state index is 11.3. The van der Waals surface area contributed by atoms with Crippen LogP contribution in [0.2, 0.25) is 0 Å². The average Bonchev–Trinajstić information content (AvgIpc) is 2.59. The van der Waals surface area contributed by atoms with Gasteiger partial charge in [0.2, 0.25) is 0 Å². The first-order chi connectivity index (χ1) is 6.63. The minimum atomic E-state index is 0. The molecule has 1 unspecified atom stereocenters. The fourth-order valence-electron chi connectivity index (χ4n) is 0.974. The lowest BCUT2D eigenvalue weighted by Gasteiger charge is -2.05. The number of aryl methyl sites for hydroxylation is 1. The highest BCUT2D eigenvalue weighted by Crippen LogP contribution is 2.24. The molecule has 0 spiro atoms. The maximum Gasteiger partial charge on any atom is 0.174 e. The highest BCUT2D eigenvalue weighted by Gasteiger charge is 2.12. The second-order valence-corrected chi connectivity index (χ2v) is 5.57. The third kappa shape index (κ3) is 4.66. The Morgan fingerprint density at radius 1 is 1.53 bits per heavy atom. The molecule has 1 heterocycles. The van der Waals surface area contributed by atoms with Gasteiger partial charge in [0.25, 0.3) is 0 Å². The topological polar surface area (TPSA) is 42.9 Å². The van der Waals surface area contributed by atoms with Gasteiger partial charge in [-0.3, -0.25) is 4.79 Å². The first-order valence-electron chi connectivity index (χ1n) is 4.59. The molecule has 0 aliphatic rings. The Hall–Kier alpha value is -0.550. The summed E-state index contributed by atoms with van der Waals surface area (Å²) >= 11 is 3.20. The van der Waals surface area contributed by atoms with Crippen molar-refractivity contribution in [1.29, 1.82) is 0 Å². The van der Waals surface area contributed by atoms with Crippen molar-refractivity contribution in [3.05, 3.63) is 12.4 Å². The van der Waals surface area contributed by atoms with Crippen molar-refractivity contribution in [3.8, 4) is 0 Å². The molecule has 0 aromatic carbocycles. The van der Waals surface area contributed by atoms with Gasteiger partial charge >= 0.3 is 0 Å². The summed E-state index contributed by atoms with van der Waals surface area (Å²) in [6.45, 7) is 5.80. The zero-order valence-corrected chi connectivity index (χ0v) is 11.2. The fourth-order valence-corrected chi connectivity index (χ4v) is 2.87.